The highest BCUT2D eigenvalue weighted by Gasteiger charge is 2.27. The maximum absolute atomic E-state index is 11.6. The van der Waals surface area contributed by atoms with E-state index in [2.05, 4.69) is 15.2 Å². The predicted octanol–water partition coefficient (Wildman–Crippen LogP) is 0.330. The molecule has 0 N–H and O–H groups in total. The Labute approximate surface area is 85.2 Å². The third-order valence-corrected chi connectivity index (χ3v) is 4.28. The van der Waals surface area contributed by atoms with Gasteiger partial charge in [-0.2, -0.15) is 8.42 Å². The maximum Gasteiger partial charge on any atom is 0.423 e. The molecule has 1 amide bonds. The second-order valence-corrected chi connectivity index (χ2v) is 5.24. The lowest BCUT2D eigenvalue weighted by atomic mass is 11.0. The molecule has 0 aliphatic heterocycles. The summed E-state index contributed by atoms with van der Waals surface area (Å²) >= 11 is 0.813. The Hall–Kier alpha value is -1.15. The average Bonchev–Trinajstić information content (AvgIpc) is 2.68. The van der Waals surface area contributed by atoms with Crippen molar-refractivity contribution in [1.29, 1.82) is 0 Å². The number of hydrogen-bond acceptors (Lipinski definition) is 6. The van der Waals surface area contributed by atoms with Crippen LogP contribution in [0.25, 0.3) is 0 Å². The molecule has 1 rings (SSSR count). The number of carbonyl (C=O) groups is 1. The van der Waals surface area contributed by atoms with Crippen LogP contribution in [0.5, 0.6) is 0 Å². The van der Waals surface area contributed by atoms with Crippen LogP contribution >= 0.6 is 11.3 Å². The molecule has 0 bridgehead atoms. The summed E-state index contributed by atoms with van der Waals surface area (Å²) < 4.78 is 27.9. The van der Waals surface area contributed by atoms with Crippen molar-refractivity contribution in [1.82, 2.24) is 9.29 Å². The molecule has 14 heavy (non-hydrogen) atoms. The van der Waals surface area contributed by atoms with Crippen molar-refractivity contribution in [3.63, 3.8) is 0 Å². The fraction of sp³-hybridized carbons (Fsp3) is 0.333. The van der Waals surface area contributed by atoms with Crippen molar-refractivity contribution in [3.8, 4) is 0 Å². The van der Waals surface area contributed by atoms with Gasteiger partial charge in [0.1, 0.15) is 0 Å². The number of aromatic nitrogens is 1. The fourth-order valence-corrected chi connectivity index (χ4v) is 2.55. The van der Waals surface area contributed by atoms with Crippen LogP contribution in [0.2, 0.25) is 0 Å². The largest absolute Gasteiger partial charge is 0.452 e. The molecule has 0 saturated carbocycles. The Morgan fingerprint density at radius 1 is 1.71 bits per heavy atom. The molecule has 1 aromatic rings. The van der Waals surface area contributed by atoms with E-state index in [0.29, 0.717) is 4.31 Å². The molecule has 0 unspecified atom stereocenters. The van der Waals surface area contributed by atoms with E-state index >= 15 is 0 Å². The summed E-state index contributed by atoms with van der Waals surface area (Å²) in [6, 6.07) is 0. The molecule has 0 saturated heterocycles. The van der Waals surface area contributed by atoms with E-state index in [-0.39, 0.29) is 4.21 Å². The minimum Gasteiger partial charge on any atom is -0.452 e. The smallest absolute Gasteiger partial charge is 0.423 e. The zero-order valence-electron chi connectivity index (χ0n) is 7.42. The van der Waals surface area contributed by atoms with Crippen LogP contribution in [-0.2, 0) is 14.8 Å². The number of amides is 1. The number of methoxy groups -OCH3 is 1. The molecule has 1 aromatic heterocycles. The van der Waals surface area contributed by atoms with E-state index in [0.717, 1.165) is 31.7 Å². The lowest BCUT2D eigenvalue weighted by Crippen LogP contribution is -2.32. The first kappa shape index (κ1) is 10.9. The Bertz CT molecular complexity index is 411. The number of sulfonamides is 1. The summed E-state index contributed by atoms with van der Waals surface area (Å²) in [7, 11) is -1.61. The standard InChI is InChI=1S/C6H7N2O4S2/c1-8(6(9)12-2)14(10,11)5-3-7-4-13-5/h3H,1-2H3. The highest BCUT2D eigenvalue weighted by Crippen LogP contribution is 2.17. The normalized spacial score (nSPS) is 11.0. The molecule has 0 aliphatic rings. The van der Waals surface area contributed by atoms with Gasteiger partial charge in [-0.25, -0.2) is 14.1 Å². The third-order valence-electron chi connectivity index (χ3n) is 1.42. The average molecular weight is 235 g/mol. The summed E-state index contributed by atoms with van der Waals surface area (Å²) in [4.78, 5) is 14.4. The van der Waals surface area contributed by atoms with E-state index in [9.17, 15) is 13.2 Å². The van der Waals surface area contributed by atoms with Crippen LogP contribution < -0.4 is 0 Å². The molecule has 0 fully saturated rings. The molecule has 0 spiro atoms. The molecular formula is C6H7N2O4S2. The van der Waals surface area contributed by atoms with Gasteiger partial charge in [0, 0.05) is 7.05 Å². The first-order valence-electron chi connectivity index (χ1n) is 3.39. The number of carbonyl (C=O) groups excluding carboxylic acids is 1. The van der Waals surface area contributed by atoms with Crippen molar-refractivity contribution < 1.29 is 17.9 Å². The van der Waals surface area contributed by atoms with Crippen LogP contribution in [0, 0.1) is 5.51 Å². The van der Waals surface area contributed by atoms with Gasteiger partial charge in [-0.1, -0.05) is 11.3 Å². The minimum absolute atomic E-state index is 0.0506. The quantitative estimate of drug-likeness (QED) is 0.738. The number of hydrogen-bond donors (Lipinski definition) is 0. The molecule has 0 atom stereocenters. The summed E-state index contributed by atoms with van der Waals surface area (Å²) in [5.74, 6) is 0. The van der Waals surface area contributed by atoms with E-state index < -0.39 is 16.1 Å². The van der Waals surface area contributed by atoms with Gasteiger partial charge in [-0.05, 0) is 0 Å². The van der Waals surface area contributed by atoms with Gasteiger partial charge in [0.05, 0.1) is 13.3 Å². The van der Waals surface area contributed by atoms with Crippen LogP contribution in [0.3, 0.4) is 0 Å². The Balaban J connectivity index is 3.03. The highest BCUT2D eigenvalue weighted by atomic mass is 32.2. The molecule has 0 aliphatic carbocycles. The zero-order chi connectivity index (χ0) is 10.8. The Kier molecular flexibility index (Phi) is 3.06. The summed E-state index contributed by atoms with van der Waals surface area (Å²) in [6.07, 6.45) is 0.179. The lowest BCUT2D eigenvalue weighted by Gasteiger charge is -2.13. The van der Waals surface area contributed by atoms with Crippen LogP contribution in [0.1, 0.15) is 0 Å². The monoisotopic (exact) mass is 235 g/mol. The maximum atomic E-state index is 11.6. The minimum atomic E-state index is -3.82. The predicted molar refractivity (Wildman–Crippen MR) is 48.3 cm³/mol. The van der Waals surface area contributed by atoms with E-state index in [4.69, 9.17) is 0 Å². The molecule has 1 heterocycles. The first-order valence-corrected chi connectivity index (χ1v) is 5.64. The van der Waals surface area contributed by atoms with Crippen LogP contribution in [0.15, 0.2) is 10.4 Å². The van der Waals surface area contributed by atoms with Gasteiger partial charge in [0.15, 0.2) is 9.72 Å². The molecule has 6 nitrogen and oxygen atoms in total. The molecule has 1 radical (unpaired) electrons. The first-order chi connectivity index (χ1) is 6.50. The van der Waals surface area contributed by atoms with Gasteiger partial charge < -0.3 is 4.74 Å². The third kappa shape index (κ3) is 1.85. The molecule has 8 heteroatoms. The molecule has 0 aromatic carbocycles. The topological polar surface area (TPSA) is 76.6 Å². The summed E-state index contributed by atoms with van der Waals surface area (Å²) in [5, 5.41) is 0. The summed E-state index contributed by atoms with van der Waals surface area (Å²) in [6.45, 7) is 0. The number of thiazole rings is 1. The molecule has 77 valence electrons. The summed E-state index contributed by atoms with van der Waals surface area (Å²) in [5.41, 5.74) is 2.38. The van der Waals surface area contributed by atoms with E-state index in [1.165, 1.54) is 0 Å². The van der Waals surface area contributed by atoms with Gasteiger partial charge >= 0.3 is 6.09 Å². The van der Waals surface area contributed by atoms with Gasteiger partial charge in [0.2, 0.25) is 0 Å². The highest BCUT2D eigenvalue weighted by molar-refractivity contribution is 7.91. The number of rotatable bonds is 2. The molecular weight excluding hydrogens is 228 g/mol. The SMILES string of the molecule is COC(=O)N(C)S(=O)(=O)c1cn[c]s1. The van der Waals surface area contributed by atoms with Crippen LogP contribution in [0.4, 0.5) is 4.79 Å². The second-order valence-electron chi connectivity index (χ2n) is 2.21. The zero-order valence-corrected chi connectivity index (χ0v) is 9.05. The lowest BCUT2D eigenvalue weighted by molar-refractivity contribution is 0.154. The van der Waals surface area contributed by atoms with Crippen molar-refractivity contribution in [2.24, 2.45) is 0 Å². The van der Waals surface area contributed by atoms with Crippen molar-refractivity contribution in [2.45, 2.75) is 4.21 Å². The Morgan fingerprint density at radius 2 is 2.36 bits per heavy atom. The van der Waals surface area contributed by atoms with Gasteiger partial charge in [0.25, 0.3) is 10.0 Å². The van der Waals surface area contributed by atoms with Crippen molar-refractivity contribution >= 4 is 27.5 Å². The number of nitrogens with zero attached hydrogens (tertiary/aromatic N) is 2. The van der Waals surface area contributed by atoms with E-state index in [1.54, 1.807) is 0 Å². The fourth-order valence-electron chi connectivity index (χ4n) is 0.658. The van der Waals surface area contributed by atoms with Gasteiger partial charge in [-0.15, -0.1) is 0 Å². The van der Waals surface area contributed by atoms with Crippen LogP contribution in [-0.4, -0.2) is 38.0 Å². The van der Waals surface area contributed by atoms with E-state index in [1.807, 2.05) is 0 Å². The van der Waals surface area contributed by atoms with Crippen molar-refractivity contribution in [3.05, 3.63) is 11.7 Å². The van der Waals surface area contributed by atoms with Crippen molar-refractivity contribution in [2.75, 3.05) is 14.2 Å². The number of ether oxygens (including phenoxy) is 1. The van der Waals surface area contributed by atoms with Gasteiger partial charge in [-0.3, -0.25) is 0 Å². The Morgan fingerprint density at radius 3 is 2.79 bits per heavy atom. The second kappa shape index (κ2) is 3.93.